The van der Waals surface area contributed by atoms with Crippen LogP contribution in [0.5, 0.6) is 5.75 Å². The van der Waals surface area contributed by atoms with Crippen molar-refractivity contribution in [1.82, 2.24) is 25.1 Å². The van der Waals surface area contributed by atoms with Crippen LogP contribution in [0.15, 0.2) is 48.9 Å². The Bertz CT molecular complexity index is 1480. The number of ether oxygens (including phenoxy) is 2. The molecule has 1 unspecified atom stereocenters. The van der Waals surface area contributed by atoms with Gasteiger partial charge in [0.25, 0.3) is 5.91 Å². The molecule has 38 heavy (non-hydrogen) atoms. The first-order valence-electron chi connectivity index (χ1n) is 11.9. The summed E-state index contributed by atoms with van der Waals surface area (Å²) in [6.07, 6.45) is 3.72. The number of methoxy groups -OCH3 is 1. The number of benzene rings is 2. The fraction of sp³-hybridized carbons (Fsp3) is 0.308. The van der Waals surface area contributed by atoms with Crippen LogP contribution in [0.3, 0.4) is 0 Å². The van der Waals surface area contributed by atoms with Crippen molar-refractivity contribution >= 4 is 22.8 Å². The van der Waals surface area contributed by atoms with Crippen LogP contribution in [0.2, 0.25) is 0 Å². The molecule has 12 heteroatoms. The van der Waals surface area contributed by atoms with Gasteiger partial charge in [0.15, 0.2) is 11.6 Å². The predicted octanol–water partition coefficient (Wildman–Crippen LogP) is 3.71. The standard InChI is InChI=1S/C26H25F3N6O3/c1-35-12-16(10-31-35)24(14-3-4-23(37-2)19(28)7-14)34-25(36)15-8-18(27)17-11-30-26(33-22(17)9-15)32-21-5-6-38-13-20(21)29/h3-4,7-12,20-21,24H,5-6,13H2,1-2H3,(H,34,36)(H,30,32,33)/t20-,21+,24?/m1/s1. The zero-order chi connectivity index (χ0) is 26.8. The molecule has 0 spiro atoms. The van der Waals surface area contributed by atoms with Gasteiger partial charge in [-0.05, 0) is 36.2 Å². The van der Waals surface area contributed by atoms with E-state index in [9.17, 15) is 18.0 Å². The van der Waals surface area contributed by atoms with Crippen LogP contribution >= 0.6 is 0 Å². The van der Waals surface area contributed by atoms with E-state index in [-0.39, 0.29) is 34.8 Å². The molecule has 0 saturated carbocycles. The number of alkyl halides is 1. The second kappa shape index (κ2) is 10.7. The number of hydrogen-bond acceptors (Lipinski definition) is 7. The number of nitrogens with one attached hydrogen (secondary N) is 2. The highest BCUT2D eigenvalue weighted by atomic mass is 19.1. The van der Waals surface area contributed by atoms with E-state index in [4.69, 9.17) is 9.47 Å². The fourth-order valence-corrected chi connectivity index (χ4v) is 4.35. The second-order valence-electron chi connectivity index (χ2n) is 8.96. The molecule has 198 valence electrons. The molecule has 1 fully saturated rings. The van der Waals surface area contributed by atoms with Crippen molar-refractivity contribution in [3.8, 4) is 5.75 Å². The van der Waals surface area contributed by atoms with E-state index in [0.29, 0.717) is 24.2 Å². The molecular formula is C26H25F3N6O3. The molecule has 5 rings (SSSR count). The SMILES string of the molecule is COc1ccc(C(NC(=O)c2cc(F)c3cnc(N[C@H]4CCOC[C@H]4F)nc3c2)c2cnn(C)c2)cc1F. The van der Waals surface area contributed by atoms with Gasteiger partial charge < -0.3 is 20.1 Å². The van der Waals surface area contributed by atoms with E-state index in [2.05, 4.69) is 25.7 Å². The number of aromatic nitrogens is 4. The third-order valence-electron chi connectivity index (χ3n) is 6.36. The van der Waals surface area contributed by atoms with Crippen LogP contribution in [0.25, 0.3) is 10.9 Å². The van der Waals surface area contributed by atoms with Crippen LogP contribution in [0.1, 0.15) is 33.9 Å². The van der Waals surface area contributed by atoms with Gasteiger partial charge in [0.05, 0.1) is 42.9 Å². The molecule has 2 aromatic carbocycles. The molecule has 1 aliphatic heterocycles. The third kappa shape index (κ3) is 5.25. The Morgan fingerprint density at radius 1 is 1.18 bits per heavy atom. The predicted molar refractivity (Wildman–Crippen MR) is 133 cm³/mol. The van der Waals surface area contributed by atoms with Gasteiger partial charge in [-0.2, -0.15) is 5.10 Å². The molecule has 2 N–H and O–H groups in total. The number of halogens is 3. The van der Waals surface area contributed by atoms with E-state index in [1.165, 1.54) is 31.5 Å². The number of amides is 1. The molecule has 0 bridgehead atoms. The first-order chi connectivity index (χ1) is 18.3. The first-order valence-corrected chi connectivity index (χ1v) is 11.9. The summed E-state index contributed by atoms with van der Waals surface area (Å²) in [5, 5.41) is 10.0. The Morgan fingerprint density at radius 3 is 2.74 bits per heavy atom. The Morgan fingerprint density at radius 2 is 2.03 bits per heavy atom. The maximum absolute atomic E-state index is 14.9. The number of rotatable bonds is 7. The van der Waals surface area contributed by atoms with Crippen molar-refractivity contribution in [3.63, 3.8) is 0 Å². The van der Waals surface area contributed by atoms with Gasteiger partial charge in [0.1, 0.15) is 12.0 Å². The number of carbonyl (C=O) groups is 1. The van der Waals surface area contributed by atoms with Crippen LogP contribution in [0, 0.1) is 11.6 Å². The fourth-order valence-electron chi connectivity index (χ4n) is 4.35. The van der Waals surface area contributed by atoms with Gasteiger partial charge >= 0.3 is 0 Å². The van der Waals surface area contributed by atoms with Crippen LogP contribution < -0.4 is 15.4 Å². The molecule has 9 nitrogen and oxygen atoms in total. The monoisotopic (exact) mass is 526 g/mol. The summed E-state index contributed by atoms with van der Waals surface area (Å²) in [4.78, 5) is 21.7. The number of hydrogen-bond donors (Lipinski definition) is 2. The van der Waals surface area contributed by atoms with E-state index >= 15 is 0 Å². The number of nitrogens with zero attached hydrogens (tertiary/aromatic N) is 4. The van der Waals surface area contributed by atoms with Gasteiger partial charge in [0, 0.05) is 37.2 Å². The summed E-state index contributed by atoms with van der Waals surface area (Å²) in [5.74, 6) is -1.72. The van der Waals surface area contributed by atoms with Crippen molar-refractivity contribution in [2.24, 2.45) is 7.05 Å². The minimum atomic E-state index is -1.23. The van der Waals surface area contributed by atoms with Crippen LogP contribution in [-0.2, 0) is 11.8 Å². The number of fused-ring (bicyclic) bond motifs is 1. The highest BCUT2D eigenvalue weighted by Gasteiger charge is 2.26. The lowest BCUT2D eigenvalue weighted by Crippen LogP contribution is -2.39. The molecule has 1 amide bonds. The zero-order valence-corrected chi connectivity index (χ0v) is 20.6. The summed E-state index contributed by atoms with van der Waals surface area (Å²) < 4.78 is 55.3. The van der Waals surface area contributed by atoms with E-state index in [1.807, 2.05) is 0 Å². The molecule has 1 saturated heterocycles. The molecule has 0 radical (unpaired) electrons. The number of anilines is 1. The van der Waals surface area contributed by atoms with Crippen molar-refractivity contribution in [3.05, 3.63) is 77.2 Å². The van der Waals surface area contributed by atoms with Gasteiger partial charge in [-0.15, -0.1) is 0 Å². The lowest BCUT2D eigenvalue weighted by Gasteiger charge is -2.26. The molecule has 3 heterocycles. The summed E-state index contributed by atoms with van der Waals surface area (Å²) in [5.41, 5.74) is 1.20. The Kier molecular flexibility index (Phi) is 7.14. The van der Waals surface area contributed by atoms with Gasteiger partial charge in [-0.1, -0.05) is 6.07 Å². The molecule has 4 aromatic rings. The smallest absolute Gasteiger partial charge is 0.252 e. The zero-order valence-electron chi connectivity index (χ0n) is 20.6. The molecular weight excluding hydrogens is 501 g/mol. The summed E-state index contributed by atoms with van der Waals surface area (Å²) in [6, 6.07) is 5.53. The van der Waals surface area contributed by atoms with E-state index in [1.54, 1.807) is 30.2 Å². The highest BCUT2D eigenvalue weighted by Crippen LogP contribution is 2.28. The van der Waals surface area contributed by atoms with Gasteiger partial charge in [0.2, 0.25) is 5.95 Å². The topological polar surface area (TPSA) is 103 Å². The summed E-state index contributed by atoms with van der Waals surface area (Å²) >= 11 is 0. The highest BCUT2D eigenvalue weighted by molar-refractivity contribution is 5.98. The molecule has 0 aliphatic carbocycles. The van der Waals surface area contributed by atoms with Gasteiger partial charge in [-0.25, -0.2) is 23.1 Å². The normalized spacial score (nSPS) is 18.2. The van der Waals surface area contributed by atoms with Gasteiger partial charge in [-0.3, -0.25) is 9.48 Å². The van der Waals surface area contributed by atoms with Crippen molar-refractivity contribution in [2.75, 3.05) is 25.6 Å². The molecule has 2 aromatic heterocycles. The summed E-state index contributed by atoms with van der Waals surface area (Å²) in [7, 11) is 3.07. The Balaban J connectivity index is 1.44. The van der Waals surface area contributed by atoms with Crippen LogP contribution in [0.4, 0.5) is 19.1 Å². The Hall–Kier alpha value is -4.19. The lowest BCUT2D eigenvalue weighted by molar-refractivity contribution is 0.0284. The Labute approximate surface area is 216 Å². The quantitative estimate of drug-likeness (QED) is 0.379. The molecule has 1 aliphatic rings. The minimum absolute atomic E-state index is 0.00282. The maximum Gasteiger partial charge on any atom is 0.252 e. The third-order valence-corrected chi connectivity index (χ3v) is 6.36. The average molecular weight is 527 g/mol. The van der Waals surface area contributed by atoms with Crippen molar-refractivity contribution in [1.29, 1.82) is 0 Å². The largest absolute Gasteiger partial charge is 0.494 e. The van der Waals surface area contributed by atoms with Crippen LogP contribution in [-0.4, -0.2) is 58.2 Å². The minimum Gasteiger partial charge on any atom is -0.494 e. The van der Waals surface area contributed by atoms with Crippen molar-refractivity contribution in [2.45, 2.75) is 24.7 Å². The number of carbonyl (C=O) groups excluding carboxylic acids is 1. The maximum atomic E-state index is 14.9. The molecule has 3 atom stereocenters. The summed E-state index contributed by atoms with van der Waals surface area (Å²) in [6.45, 7) is 0.376. The lowest BCUT2D eigenvalue weighted by atomic mass is 10.0. The average Bonchev–Trinajstić information content (AvgIpc) is 3.34. The van der Waals surface area contributed by atoms with E-state index < -0.39 is 35.8 Å². The number of aryl methyl sites for hydroxylation is 1. The van der Waals surface area contributed by atoms with Crippen molar-refractivity contribution < 1.29 is 27.4 Å². The van der Waals surface area contributed by atoms with E-state index in [0.717, 1.165) is 6.07 Å². The second-order valence-corrected chi connectivity index (χ2v) is 8.96. The first kappa shape index (κ1) is 25.5.